The zero-order valence-corrected chi connectivity index (χ0v) is 24.0. The number of hydrogen-bond donors (Lipinski definition) is 3. The number of benzene rings is 3. The van der Waals surface area contributed by atoms with Gasteiger partial charge in [-0.25, -0.2) is 22.5 Å². The Morgan fingerprint density at radius 3 is 2.74 bits per heavy atom. The summed E-state index contributed by atoms with van der Waals surface area (Å²) >= 11 is 1.20. The number of nitrogens with zero attached hydrogens (tertiary/aromatic N) is 1. The number of aromatic amines is 2. The first kappa shape index (κ1) is 29.1. The molecule has 1 unspecified atom stereocenters. The average Bonchev–Trinajstić information content (AvgIpc) is 3.68. The molecule has 0 saturated carbocycles. The van der Waals surface area contributed by atoms with Crippen molar-refractivity contribution in [3.63, 3.8) is 0 Å². The van der Waals surface area contributed by atoms with Gasteiger partial charge in [0.2, 0.25) is 5.82 Å². The molecule has 0 aliphatic carbocycles. The molecule has 6 rings (SSSR count). The Bertz CT molecular complexity index is 1810. The highest BCUT2D eigenvalue weighted by molar-refractivity contribution is 7.99. The first-order chi connectivity index (χ1) is 20.7. The molecule has 12 heteroatoms. The third-order valence-electron chi connectivity index (χ3n) is 7.72. The van der Waals surface area contributed by atoms with Crippen LogP contribution >= 0.6 is 11.8 Å². The average molecular weight is 615 g/mol. The molecule has 5 aromatic rings. The standard InChI is InChI=1S/C31H27F5N4O2S/c1-31(9-11-41-27-16(4-3-5-20(27)31)13-37-15-23(33)34)22-14-39-30(40-22)19-12-17(6-7-21(19)32)42-28-25(36)24(35)26-18(8-10-38-26)29(28)43-2/h3-8,10,12,14,23,37-38H,9,11,13,15H2,1-2H3,(H,39,40). The molecular formula is C31H27F5N4O2S. The van der Waals surface area contributed by atoms with Crippen molar-refractivity contribution in [3.05, 3.63) is 89.1 Å². The number of aromatic nitrogens is 3. The zero-order chi connectivity index (χ0) is 30.3. The predicted molar refractivity (Wildman–Crippen MR) is 155 cm³/mol. The highest BCUT2D eigenvalue weighted by Gasteiger charge is 2.38. The van der Waals surface area contributed by atoms with Gasteiger partial charge < -0.3 is 24.8 Å². The van der Waals surface area contributed by atoms with Crippen LogP contribution in [0.3, 0.4) is 0 Å². The van der Waals surface area contributed by atoms with Crippen LogP contribution in [0.25, 0.3) is 22.3 Å². The van der Waals surface area contributed by atoms with Gasteiger partial charge in [0.15, 0.2) is 11.6 Å². The van der Waals surface area contributed by atoms with Crippen LogP contribution in [0.1, 0.15) is 30.2 Å². The number of hydrogen-bond acceptors (Lipinski definition) is 5. The second-order valence-electron chi connectivity index (χ2n) is 10.4. The lowest BCUT2D eigenvalue weighted by Gasteiger charge is -2.35. The molecule has 2 aromatic heterocycles. The van der Waals surface area contributed by atoms with Gasteiger partial charge >= 0.3 is 0 Å². The molecule has 43 heavy (non-hydrogen) atoms. The van der Waals surface area contributed by atoms with Crippen molar-refractivity contribution >= 4 is 22.7 Å². The van der Waals surface area contributed by atoms with Crippen molar-refractivity contribution < 1.29 is 31.4 Å². The maximum absolute atomic E-state index is 15.1. The molecule has 1 aliphatic rings. The number of imidazole rings is 1. The topological polar surface area (TPSA) is 75.0 Å². The zero-order valence-electron chi connectivity index (χ0n) is 23.2. The second kappa shape index (κ2) is 11.6. The first-order valence-electron chi connectivity index (χ1n) is 13.5. The van der Waals surface area contributed by atoms with Gasteiger partial charge in [0, 0.05) is 40.9 Å². The quantitative estimate of drug-likeness (QED) is 0.116. The SMILES string of the molecule is CSc1c(Oc2ccc(F)c(-c3nc(C4(C)CCOc5c(CNCC(F)F)cccc54)c[nH]3)c2)c(F)c(F)c2[nH]ccc12. The van der Waals surface area contributed by atoms with Gasteiger partial charge in [-0.3, -0.25) is 0 Å². The molecule has 0 bridgehead atoms. The molecule has 0 fully saturated rings. The van der Waals surface area contributed by atoms with Gasteiger partial charge in [0.25, 0.3) is 6.43 Å². The van der Waals surface area contributed by atoms with E-state index in [0.29, 0.717) is 34.8 Å². The number of H-pyrrole nitrogens is 2. The normalized spacial score (nSPS) is 16.5. The van der Waals surface area contributed by atoms with Crippen LogP contribution in [0.5, 0.6) is 17.2 Å². The molecule has 0 amide bonds. The molecule has 6 nitrogen and oxygen atoms in total. The lowest BCUT2D eigenvalue weighted by atomic mass is 9.75. The van der Waals surface area contributed by atoms with E-state index in [1.54, 1.807) is 18.5 Å². The second-order valence-corrected chi connectivity index (χ2v) is 11.2. The monoisotopic (exact) mass is 614 g/mol. The molecule has 1 atom stereocenters. The highest BCUT2D eigenvalue weighted by Crippen LogP contribution is 2.45. The number of thioether (sulfide) groups is 1. The summed E-state index contributed by atoms with van der Waals surface area (Å²) in [6.45, 7) is 2.16. The molecule has 3 N–H and O–H groups in total. The summed E-state index contributed by atoms with van der Waals surface area (Å²) in [5.74, 6) is -2.16. The maximum Gasteiger partial charge on any atom is 0.250 e. The number of ether oxygens (including phenoxy) is 2. The Hall–Kier alpha value is -4.03. The predicted octanol–water partition coefficient (Wildman–Crippen LogP) is 7.93. The van der Waals surface area contributed by atoms with Crippen LogP contribution in [0, 0.1) is 17.5 Å². The summed E-state index contributed by atoms with van der Waals surface area (Å²) in [5, 5.41) is 3.21. The van der Waals surface area contributed by atoms with Gasteiger partial charge in [-0.1, -0.05) is 18.2 Å². The summed E-state index contributed by atoms with van der Waals surface area (Å²) in [4.78, 5) is 10.9. The molecule has 0 spiro atoms. The number of alkyl halides is 2. The van der Waals surface area contributed by atoms with Crippen molar-refractivity contribution in [2.45, 2.75) is 36.6 Å². The van der Waals surface area contributed by atoms with Crippen LogP contribution in [-0.4, -0.2) is 40.8 Å². The van der Waals surface area contributed by atoms with E-state index in [0.717, 1.165) is 11.1 Å². The van der Waals surface area contributed by atoms with Crippen molar-refractivity contribution in [1.82, 2.24) is 20.3 Å². The van der Waals surface area contributed by atoms with E-state index in [2.05, 4.69) is 15.3 Å². The van der Waals surface area contributed by atoms with Crippen molar-refractivity contribution in [2.24, 2.45) is 0 Å². The minimum Gasteiger partial charge on any atom is -0.493 e. The van der Waals surface area contributed by atoms with Gasteiger partial charge in [0.1, 0.15) is 23.1 Å². The van der Waals surface area contributed by atoms with Crippen LogP contribution in [0.2, 0.25) is 0 Å². The van der Waals surface area contributed by atoms with Crippen molar-refractivity contribution in [3.8, 4) is 28.6 Å². The van der Waals surface area contributed by atoms with Crippen LogP contribution in [-0.2, 0) is 12.0 Å². The lowest BCUT2D eigenvalue weighted by Crippen LogP contribution is -2.32. The van der Waals surface area contributed by atoms with Crippen molar-refractivity contribution in [2.75, 3.05) is 19.4 Å². The van der Waals surface area contributed by atoms with Gasteiger partial charge in [-0.15, -0.1) is 11.8 Å². The third kappa shape index (κ3) is 5.22. The number of rotatable bonds is 9. The van der Waals surface area contributed by atoms with Crippen LogP contribution < -0.4 is 14.8 Å². The minimum atomic E-state index is -2.46. The van der Waals surface area contributed by atoms with Gasteiger partial charge in [-0.2, -0.15) is 4.39 Å². The largest absolute Gasteiger partial charge is 0.493 e. The number of para-hydroxylation sites is 1. The van der Waals surface area contributed by atoms with E-state index in [1.165, 1.54) is 36.2 Å². The van der Waals surface area contributed by atoms with Gasteiger partial charge in [-0.05, 0) is 43.9 Å². The van der Waals surface area contributed by atoms with E-state index in [9.17, 15) is 13.2 Å². The number of fused-ring (bicyclic) bond motifs is 2. The summed E-state index contributed by atoms with van der Waals surface area (Å²) < 4.78 is 82.1. The van der Waals surface area contributed by atoms with Crippen molar-refractivity contribution in [1.29, 1.82) is 0 Å². The molecule has 3 aromatic carbocycles. The molecule has 1 aliphatic heterocycles. The van der Waals surface area contributed by atoms with E-state index < -0.39 is 35.8 Å². The first-order valence-corrected chi connectivity index (χ1v) is 14.7. The molecular weight excluding hydrogens is 587 g/mol. The highest BCUT2D eigenvalue weighted by atomic mass is 32.2. The van der Waals surface area contributed by atoms with E-state index in [-0.39, 0.29) is 34.9 Å². The fraction of sp³-hybridized carbons (Fsp3) is 0.258. The number of nitrogens with one attached hydrogen (secondary N) is 3. The summed E-state index contributed by atoms with van der Waals surface area (Å²) in [5.41, 5.74) is 1.72. The Balaban J connectivity index is 1.32. The summed E-state index contributed by atoms with van der Waals surface area (Å²) in [6.07, 6.45) is 3.05. The van der Waals surface area contributed by atoms with Gasteiger partial charge in [0.05, 0.1) is 34.8 Å². The van der Waals surface area contributed by atoms with E-state index >= 15 is 8.78 Å². The molecule has 0 radical (unpaired) electrons. The fourth-order valence-electron chi connectivity index (χ4n) is 5.48. The Morgan fingerprint density at radius 1 is 1.12 bits per heavy atom. The van der Waals surface area contributed by atoms with E-state index in [1.807, 2.05) is 25.1 Å². The Kier molecular flexibility index (Phi) is 7.82. The Labute approximate surface area is 248 Å². The summed E-state index contributed by atoms with van der Waals surface area (Å²) in [7, 11) is 0. The fourth-order valence-corrected chi connectivity index (χ4v) is 6.18. The smallest absolute Gasteiger partial charge is 0.250 e. The summed E-state index contributed by atoms with van der Waals surface area (Å²) in [6, 6.07) is 11.1. The van der Waals surface area contributed by atoms with Crippen LogP contribution in [0.4, 0.5) is 22.0 Å². The molecule has 224 valence electrons. The minimum absolute atomic E-state index is 0.0387. The van der Waals surface area contributed by atoms with E-state index in [4.69, 9.17) is 14.5 Å². The van der Waals surface area contributed by atoms with Crippen LogP contribution in [0.15, 0.2) is 59.8 Å². The Morgan fingerprint density at radius 2 is 1.95 bits per heavy atom. The maximum atomic E-state index is 15.1. The molecule has 3 heterocycles. The lowest BCUT2D eigenvalue weighted by molar-refractivity contribution is 0.145. The number of halogens is 5. The molecule has 0 saturated heterocycles. The third-order valence-corrected chi connectivity index (χ3v) is 8.54.